The standard InChI is InChI=1S/C18H20FN/c1-13-6-7-14(12-17(13)19)8-10-16-11-9-15-4-2-3-5-18(15)20-16/h2-7,12,16,20H,8-11H2,1H3. The number of nitrogens with one attached hydrogen (secondary N) is 1. The number of para-hydroxylation sites is 1. The highest BCUT2D eigenvalue weighted by Gasteiger charge is 2.16. The van der Waals surface area contributed by atoms with E-state index in [-0.39, 0.29) is 5.82 Å². The van der Waals surface area contributed by atoms with Crippen molar-refractivity contribution < 1.29 is 4.39 Å². The van der Waals surface area contributed by atoms with Gasteiger partial charge in [0.05, 0.1) is 0 Å². The molecule has 1 N–H and O–H groups in total. The molecule has 0 spiro atoms. The van der Waals surface area contributed by atoms with Gasteiger partial charge in [0.15, 0.2) is 0 Å². The van der Waals surface area contributed by atoms with Gasteiger partial charge in [0.25, 0.3) is 0 Å². The summed E-state index contributed by atoms with van der Waals surface area (Å²) in [7, 11) is 0. The van der Waals surface area contributed by atoms with Crippen molar-refractivity contribution in [1.29, 1.82) is 0 Å². The molecule has 0 radical (unpaired) electrons. The molecule has 3 rings (SSSR count). The van der Waals surface area contributed by atoms with Crippen LogP contribution in [0.4, 0.5) is 10.1 Å². The van der Waals surface area contributed by atoms with Gasteiger partial charge < -0.3 is 5.32 Å². The molecule has 1 unspecified atom stereocenters. The first kappa shape index (κ1) is 13.2. The van der Waals surface area contributed by atoms with Crippen LogP contribution < -0.4 is 5.32 Å². The zero-order valence-corrected chi connectivity index (χ0v) is 11.8. The molecule has 1 aliphatic heterocycles. The minimum Gasteiger partial charge on any atom is -0.382 e. The van der Waals surface area contributed by atoms with E-state index in [1.165, 1.54) is 11.3 Å². The van der Waals surface area contributed by atoms with Crippen LogP contribution in [0.3, 0.4) is 0 Å². The third-order valence-electron chi connectivity index (χ3n) is 4.16. The summed E-state index contributed by atoms with van der Waals surface area (Å²) in [6.07, 6.45) is 4.27. The minimum absolute atomic E-state index is 0.0931. The fourth-order valence-electron chi connectivity index (χ4n) is 2.85. The monoisotopic (exact) mass is 269 g/mol. The van der Waals surface area contributed by atoms with Crippen molar-refractivity contribution in [2.45, 2.75) is 38.6 Å². The number of benzene rings is 2. The van der Waals surface area contributed by atoms with Crippen LogP contribution in [0.15, 0.2) is 42.5 Å². The van der Waals surface area contributed by atoms with Gasteiger partial charge in [-0.1, -0.05) is 30.3 Å². The maximum Gasteiger partial charge on any atom is 0.126 e. The van der Waals surface area contributed by atoms with Gasteiger partial charge in [-0.2, -0.15) is 0 Å². The molecule has 1 atom stereocenters. The van der Waals surface area contributed by atoms with Gasteiger partial charge >= 0.3 is 0 Å². The first-order chi connectivity index (χ1) is 9.72. The van der Waals surface area contributed by atoms with Gasteiger partial charge in [0, 0.05) is 11.7 Å². The lowest BCUT2D eigenvalue weighted by Crippen LogP contribution is -2.25. The van der Waals surface area contributed by atoms with Crippen LogP contribution in [-0.2, 0) is 12.8 Å². The lowest BCUT2D eigenvalue weighted by molar-refractivity contribution is 0.581. The van der Waals surface area contributed by atoms with Crippen LogP contribution in [0, 0.1) is 12.7 Å². The highest BCUT2D eigenvalue weighted by molar-refractivity contribution is 5.53. The van der Waals surface area contributed by atoms with Gasteiger partial charge in [-0.05, 0) is 61.4 Å². The zero-order valence-electron chi connectivity index (χ0n) is 11.8. The van der Waals surface area contributed by atoms with Crippen molar-refractivity contribution in [2.24, 2.45) is 0 Å². The summed E-state index contributed by atoms with van der Waals surface area (Å²) in [4.78, 5) is 0. The summed E-state index contributed by atoms with van der Waals surface area (Å²) < 4.78 is 13.5. The van der Waals surface area contributed by atoms with Gasteiger partial charge in [-0.15, -0.1) is 0 Å². The Bertz CT molecular complexity index is 606. The Balaban J connectivity index is 1.61. The molecule has 1 nitrogen and oxygen atoms in total. The van der Waals surface area contributed by atoms with Crippen LogP contribution in [0.1, 0.15) is 29.5 Å². The van der Waals surface area contributed by atoms with E-state index in [1.807, 2.05) is 12.1 Å². The normalized spacial score (nSPS) is 17.4. The summed E-state index contributed by atoms with van der Waals surface area (Å²) in [5.41, 5.74) is 4.48. The molecule has 0 fully saturated rings. The Hall–Kier alpha value is -1.83. The third-order valence-corrected chi connectivity index (χ3v) is 4.16. The van der Waals surface area contributed by atoms with Crippen molar-refractivity contribution in [3.8, 4) is 0 Å². The molecule has 2 aromatic rings. The topological polar surface area (TPSA) is 12.0 Å². The van der Waals surface area contributed by atoms with Crippen molar-refractivity contribution >= 4 is 5.69 Å². The largest absolute Gasteiger partial charge is 0.382 e. The molecular formula is C18H20FN. The molecule has 1 aliphatic rings. The lowest BCUT2D eigenvalue weighted by Gasteiger charge is -2.27. The van der Waals surface area contributed by atoms with E-state index in [2.05, 4.69) is 29.6 Å². The van der Waals surface area contributed by atoms with E-state index in [0.717, 1.165) is 36.8 Å². The van der Waals surface area contributed by atoms with E-state index in [1.54, 1.807) is 13.0 Å². The van der Waals surface area contributed by atoms with Crippen LogP contribution in [0.2, 0.25) is 0 Å². The van der Waals surface area contributed by atoms with Crippen LogP contribution in [-0.4, -0.2) is 6.04 Å². The van der Waals surface area contributed by atoms with E-state index in [4.69, 9.17) is 0 Å². The van der Waals surface area contributed by atoms with Crippen molar-refractivity contribution in [3.63, 3.8) is 0 Å². The lowest BCUT2D eigenvalue weighted by atomic mass is 9.94. The molecular weight excluding hydrogens is 249 g/mol. The zero-order chi connectivity index (χ0) is 13.9. The fourth-order valence-corrected chi connectivity index (χ4v) is 2.85. The fraction of sp³-hybridized carbons (Fsp3) is 0.333. The molecule has 0 aromatic heterocycles. The predicted octanol–water partition coefficient (Wildman–Crippen LogP) is 4.49. The average molecular weight is 269 g/mol. The first-order valence-electron chi connectivity index (χ1n) is 7.32. The molecule has 20 heavy (non-hydrogen) atoms. The van der Waals surface area contributed by atoms with Crippen molar-refractivity contribution in [2.75, 3.05) is 5.32 Å². The molecule has 0 amide bonds. The maximum atomic E-state index is 13.5. The van der Waals surface area contributed by atoms with E-state index in [0.29, 0.717) is 6.04 Å². The highest BCUT2D eigenvalue weighted by Crippen LogP contribution is 2.26. The summed E-state index contributed by atoms with van der Waals surface area (Å²) >= 11 is 0. The van der Waals surface area contributed by atoms with Crippen LogP contribution in [0.25, 0.3) is 0 Å². The van der Waals surface area contributed by atoms with Crippen molar-refractivity contribution in [3.05, 3.63) is 65.0 Å². The summed E-state index contributed by atoms with van der Waals surface area (Å²) in [5, 5.41) is 3.60. The predicted molar refractivity (Wildman–Crippen MR) is 81.6 cm³/mol. The highest BCUT2D eigenvalue weighted by atomic mass is 19.1. The van der Waals surface area contributed by atoms with Gasteiger partial charge in [-0.25, -0.2) is 4.39 Å². The number of fused-ring (bicyclic) bond motifs is 1. The smallest absolute Gasteiger partial charge is 0.126 e. The Morgan fingerprint density at radius 3 is 2.90 bits per heavy atom. The first-order valence-corrected chi connectivity index (χ1v) is 7.32. The number of rotatable bonds is 3. The molecule has 0 bridgehead atoms. The molecule has 0 aliphatic carbocycles. The van der Waals surface area contributed by atoms with Crippen molar-refractivity contribution in [1.82, 2.24) is 0 Å². The number of halogens is 1. The molecule has 2 aromatic carbocycles. The molecule has 0 saturated heterocycles. The molecule has 2 heteroatoms. The van der Waals surface area contributed by atoms with Crippen LogP contribution >= 0.6 is 0 Å². The molecule has 104 valence electrons. The van der Waals surface area contributed by atoms with Gasteiger partial charge in [0.2, 0.25) is 0 Å². The second-order valence-corrected chi connectivity index (χ2v) is 5.66. The van der Waals surface area contributed by atoms with Crippen LogP contribution in [0.5, 0.6) is 0 Å². The Morgan fingerprint density at radius 1 is 1.20 bits per heavy atom. The Morgan fingerprint density at radius 2 is 2.05 bits per heavy atom. The Kier molecular flexibility index (Phi) is 3.72. The molecule has 0 saturated carbocycles. The van der Waals surface area contributed by atoms with Gasteiger partial charge in [0.1, 0.15) is 5.82 Å². The summed E-state index contributed by atoms with van der Waals surface area (Å²) in [6.45, 7) is 1.80. The third kappa shape index (κ3) is 2.84. The van der Waals surface area contributed by atoms with E-state index in [9.17, 15) is 4.39 Å². The second-order valence-electron chi connectivity index (χ2n) is 5.66. The number of hydrogen-bond acceptors (Lipinski definition) is 1. The summed E-state index contributed by atoms with van der Waals surface area (Å²) in [5.74, 6) is -0.0931. The number of anilines is 1. The van der Waals surface area contributed by atoms with E-state index >= 15 is 0 Å². The second kappa shape index (κ2) is 5.66. The maximum absolute atomic E-state index is 13.5. The van der Waals surface area contributed by atoms with E-state index < -0.39 is 0 Å². The quantitative estimate of drug-likeness (QED) is 0.865. The van der Waals surface area contributed by atoms with Gasteiger partial charge in [-0.3, -0.25) is 0 Å². The molecule has 1 heterocycles. The minimum atomic E-state index is -0.0931. The number of hydrogen-bond donors (Lipinski definition) is 1. The number of aryl methyl sites for hydroxylation is 3. The Labute approximate surface area is 119 Å². The SMILES string of the molecule is Cc1ccc(CCC2CCc3ccccc3N2)cc1F. The average Bonchev–Trinajstić information content (AvgIpc) is 2.48. The summed E-state index contributed by atoms with van der Waals surface area (Å²) in [6, 6.07) is 14.6.